The summed E-state index contributed by atoms with van der Waals surface area (Å²) in [5.41, 5.74) is 2.34. The fourth-order valence-corrected chi connectivity index (χ4v) is 5.08. The van der Waals surface area contributed by atoms with Crippen molar-refractivity contribution in [3.05, 3.63) is 81.9 Å². The van der Waals surface area contributed by atoms with Crippen molar-refractivity contribution in [2.24, 2.45) is 0 Å². The quantitative estimate of drug-likeness (QED) is 0.532. The van der Waals surface area contributed by atoms with Crippen LogP contribution >= 0.6 is 11.3 Å². The van der Waals surface area contributed by atoms with Crippen LogP contribution in [0.1, 0.15) is 58.3 Å². The van der Waals surface area contributed by atoms with Crippen molar-refractivity contribution in [1.82, 2.24) is 10.2 Å². The lowest BCUT2D eigenvalue weighted by Gasteiger charge is -2.31. The molecule has 6 heteroatoms. The molecule has 0 radical (unpaired) electrons. The van der Waals surface area contributed by atoms with Crippen LogP contribution in [0.3, 0.4) is 0 Å². The molecule has 0 unspecified atom stereocenters. The normalized spacial score (nSPS) is 15.0. The van der Waals surface area contributed by atoms with Crippen LogP contribution in [0.15, 0.2) is 64.6 Å². The van der Waals surface area contributed by atoms with E-state index in [1.54, 1.807) is 17.0 Å². The number of nitrogens with zero attached hydrogens (tertiary/aromatic N) is 1. The zero-order valence-electron chi connectivity index (χ0n) is 17.8. The standard InChI is InChI=1S/C25H28N2O3S/c1-18-8-2-3-9-19(18)14-15-27(25(29)21-12-6-16-30-21)23(22-13-7-17-31-22)24(28)26-20-10-4-5-11-20/h2-3,6-9,12-13,16-17,20,23H,4-5,10-11,14-15H2,1H3,(H,26,28)/t23-/m0/s1. The molecule has 1 aromatic carbocycles. The second-order valence-electron chi connectivity index (χ2n) is 8.06. The summed E-state index contributed by atoms with van der Waals surface area (Å²) in [6.45, 7) is 2.49. The summed E-state index contributed by atoms with van der Waals surface area (Å²) in [4.78, 5) is 29.4. The van der Waals surface area contributed by atoms with E-state index >= 15 is 0 Å². The van der Waals surface area contributed by atoms with Gasteiger partial charge in [-0.1, -0.05) is 43.2 Å². The van der Waals surface area contributed by atoms with Crippen molar-refractivity contribution in [1.29, 1.82) is 0 Å². The van der Waals surface area contributed by atoms with E-state index in [2.05, 4.69) is 24.4 Å². The van der Waals surface area contributed by atoms with Crippen LogP contribution < -0.4 is 5.32 Å². The van der Waals surface area contributed by atoms with Gasteiger partial charge in [0, 0.05) is 17.5 Å². The summed E-state index contributed by atoms with van der Waals surface area (Å²) in [7, 11) is 0. The highest BCUT2D eigenvalue weighted by Crippen LogP contribution is 2.29. The second kappa shape index (κ2) is 9.96. The van der Waals surface area contributed by atoms with E-state index in [0.29, 0.717) is 13.0 Å². The number of amides is 2. The van der Waals surface area contributed by atoms with Crippen molar-refractivity contribution < 1.29 is 14.0 Å². The Kier molecular flexibility index (Phi) is 6.87. The summed E-state index contributed by atoms with van der Waals surface area (Å²) in [6.07, 6.45) is 6.42. The lowest BCUT2D eigenvalue weighted by atomic mass is 10.0. The maximum atomic E-state index is 13.5. The van der Waals surface area contributed by atoms with Crippen LogP contribution in [0.4, 0.5) is 0 Å². The lowest BCUT2D eigenvalue weighted by molar-refractivity contribution is -0.126. The first kappa shape index (κ1) is 21.4. The van der Waals surface area contributed by atoms with Crippen molar-refractivity contribution >= 4 is 23.2 Å². The maximum Gasteiger partial charge on any atom is 0.290 e. The second-order valence-corrected chi connectivity index (χ2v) is 9.04. The third kappa shape index (κ3) is 5.07. The van der Waals surface area contributed by atoms with Gasteiger partial charge in [-0.15, -0.1) is 11.3 Å². The van der Waals surface area contributed by atoms with E-state index in [1.165, 1.54) is 28.7 Å². The molecule has 0 saturated heterocycles. The molecule has 31 heavy (non-hydrogen) atoms. The number of benzene rings is 1. The molecule has 0 aliphatic heterocycles. The summed E-state index contributed by atoms with van der Waals surface area (Å²) < 4.78 is 5.41. The number of thiophene rings is 1. The van der Waals surface area contributed by atoms with Gasteiger partial charge in [-0.05, 0) is 60.9 Å². The SMILES string of the molecule is Cc1ccccc1CCN(C(=O)c1ccco1)[C@H](C(=O)NC1CCCC1)c1cccs1. The van der Waals surface area contributed by atoms with Gasteiger partial charge in [-0.25, -0.2) is 0 Å². The Bertz CT molecular complexity index is 992. The lowest BCUT2D eigenvalue weighted by Crippen LogP contribution is -2.46. The van der Waals surface area contributed by atoms with Gasteiger partial charge in [0.1, 0.15) is 6.04 Å². The minimum atomic E-state index is -0.679. The maximum absolute atomic E-state index is 13.5. The molecule has 5 nitrogen and oxygen atoms in total. The number of aryl methyl sites for hydroxylation is 1. The molecule has 1 fully saturated rings. The summed E-state index contributed by atoms with van der Waals surface area (Å²) in [6, 6.07) is 14.9. The zero-order valence-corrected chi connectivity index (χ0v) is 18.6. The number of nitrogens with one attached hydrogen (secondary N) is 1. The summed E-state index contributed by atoms with van der Waals surface area (Å²) in [5, 5.41) is 5.15. The fraction of sp³-hybridized carbons (Fsp3) is 0.360. The van der Waals surface area contributed by atoms with E-state index in [-0.39, 0.29) is 23.6 Å². The van der Waals surface area contributed by atoms with E-state index in [9.17, 15) is 9.59 Å². The number of carbonyl (C=O) groups excluding carboxylic acids is 2. The predicted octanol–water partition coefficient (Wildman–Crippen LogP) is 5.13. The Morgan fingerprint density at radius 3 is 2.61 bits per heavy atom. The average Bonchev–Trinajstić information content (AvgIpc) is 3.55. The van der Waals surface area contributed by atoms with Crippen molar-refractivity contribution in [2.75, 3.05) is 6.54 Å². The number of hydrogen-bond acceptors (Lipinski definition) is 4. The van der Waals surface area contributed by atoms with E-state index < -0.39 is 6.04 Å². The molecule has 1 saturated carbocycles. The van der Waals surface area contributed by atoms with Crippen LogP contribution in [-0.4, -0.2) is 29.3 Å². The van der Waals surface area contributed by atoms with Crippen molar-refractivity contribution in [2.45, 2.75) is 51.1 Å². The minimum Gasteiger partial charge on any atom is -0.459 e. The van der Waals surface area contributed by atoms with Gasteiger partial charge in [0.15, 0.2) is 5.76 Å². The molecule has 162 valence electrons. The molecular formula is C25H28N2O3S. The first-order chi connectivity index (χ1) is 15.1. The smallest absolute Gasteiger partial charge is 0.290 e. The molecule has 0 bridgehead atoms. The Hall–Kier alpha value is -2.86. The van der Waals surface area contributed by atoms with Gasteiger partial charge >= 0.3 is 0 Å². The van der Waals surface area contributed by atoms with Crippen LogP contribution in [0.5, 0.6) is 0 Å². The number of hydrogen-bond donors (Lipinski definition) is 1. The number of rotatable bonds is 8. The molecule has 1 N–H and O–H groups in total. The topological polar surface area (TPSA) is 62.6 Å². The first-order valence-electron chi connectivity index (χ1n) is 10.9. The largest absolute Gasteiger partial charge is 0.459 e. The van der Waals surface area contributed by atoms with Crippen LogP contribution in [0.25, 0.3) is 0 Å². The van der Waals surface area contributed by atoms with Crippen LogP contribution in [0, 0.1) is 6.92 Å². The van der Waals surface area contributed by atoms with Gasteiger partial charge in [-0.3, -0.25) is 9.59 Å². The van der Waals surface area contributed by atoms with Gasteiger partial charge in [-0.2, -0.15) is 0 Å². The van der Waals surface area contributed by atoms with E-state index in [1.807, 2.05) is 29.6 Å². The Morgan fingerprint density at radius 2 is 1.94 bits per heavy atom. The van der Waals surface area contributed by atoms with Gasteiger partial charge in [0.05, 0.1) is 6.26 Å². The van der Waals surface area contributed by atoms with Crippen molar-refractivity contribution in [3.8, 4) is 0 Å². The highest BCUT2D eigenvalue weighted by atomic mass is 32.1. The molecular weight excluding hydrogens is 408 g/mol. The highest BCUT2D eigenvalue weighted by Gasteiger charge is 2.35. The summed E-state index contributed by atoms with van der Waals surface area (Å²) in [5.74, 6) is -0.127. The van der Waals surface area contributed by atoms with Crippen LogP contribution in [0.2, 0.25) is 0 Å². The van der Waals surface area contributed by atoms with E-state index in [0.717, 1.165) is 30.6 Å². The monoisotopic (exact) mass is 436 g/mol. The van der Waals surface area contributed by atoms with Gasteiger partial charge < -0.3 is 14.6 Å². The molecule has 1 aliphatic rings. The third-order valence-corrected chi connectivity index (χ3v) is 6.88. The molecule has 1 atom stereocenters. The Morgan fingerprint density at radius 1 is 1.13 bits per heavy atom. The molecule has 2 heterocycles. The average molecular weight is 437 g/mol. The Balaban J connectivity index is 1.64. The first-order valence-corrected chi connectivity index (χ1v) is 11.7. The van der Waals surface area contributed by atoms with Gasteiger partial charge in [0.2, 0.25) is 5.91 Å². The predicted molar refractivity (Wildman–Crippen MR) is 122 cm³/mol. The molecule has 1 aliphatic carbocycles. The minimum absolute atomic E-state index is 0.112. The zero-order chi connectivity index (χ0) is 21.6. The van der Waals surface area contributed by atoms with E-state index in [4.69, 9.17) is 4.42 Å². The van der Waals surface area contributed by atoms with Crippen molar-refractivity contribution in [3.63, 3.8) is 0 Å². The number of carbonyl (C=O) groups is 2. The Labute approximate surface area is 187 Å². The van der Waals surface area contributed by atoms with Gasteiger partial charge in [0.25, 0.3) is 5.91 Å². The number of furan rings is 1. The summed E-state index contributed by atoms with van der Waals surface area (Å²) >= 11 is 1.50. The molecule has 3 aromatic rings. The fourth-order valence-electron chi connectivity index (χ4n) is 4.24. The third-order valence-electron chi connectivity index (χ3n) is 5.95. The molecule has 4 rings (SSSR count). The van der Waals surface area contributed by atoms with Crippen LogP contribution in [-0.2, 0) is 11.2 Å². The molecule has 0 spiro atoms. The highest BCUT2D eigenvalue weighted by molar-refractivity contribution is 7.10. The molecule has 2 aromatic heterocycles. The molecule has 2 amide bonds.